The summed E-state index contributed by atoms with van der Waals surface area (Å²) in [6.07, 6.45) is 2.04. The minimum absolute atomic E-state index is 0.0327. The Labute approximate surface area is 134 Å². The first kappa shape index (κ1) is 15.1. The first-order valence-corrected chi connectivity index (χ1v) is 7.62. The van der Waals surface area contributed by atoms with Gasteiger partial charge in [-0.3, -0.25) is 9.59 Å². The second-order valence-electron chi connectivity index (χ2n) is 5.44. The highest BCUT2D eigenvalue weighted by Crippen LogP contribution is 2.24. The third-order valence-electron chi connectivity index (χ3n) is 3.45. The maximum atomic E-state index is 12.3. The number of amides is 2. The van der Waals surface area contributed by atoms with Crippen LogP contribution >= 0.6 is 0 Å². The summed E-state index contributed by atoms with van der Waals surface area (Å²) in [6.45, 7) is -0.0327. The molecule has 2 N–H and O–H groups in total. The number of para-hydroxylation sites is 2. The van der Waals surface area contributed by atoms with E-state index in [2.05, 4.69) is 10.6 Å². The van der Waals surface area contributed by atoms with E-state index in [9.17, 15) is 9.59 Å². The number of benzene rings is 2. The van der Waals surface area contributed by atoms with Gasteiger partial charge in [0.05, 0.1) is 12.1 Å². The Morgan fingerprint density at radius 1 is 1.00 bits per heavy atom. The van der Waals surface area contributed by atoms with Gasteiger partial charge in [0.25, 0.3) is 5.91 Å². The number of carbonyl (C=O) groups is 2. The van der Waals surface area contributed by atoms with Gasteiger partial charge in [-0.25, -0.2) is 0 Å². The molecule has 0 aliphatic heterocycles. The molecule has 1 aliphatic carbocycles. The van der Waals surface area contributed by atoms with Gasteiger partial charge >= 0.3 is 0 Å². The largest absolute Gasteiger partial charge is 0.457 e. The van der Waals surface area contributed by atoms with Gasteiger partial charge in [-0.05, 0) is 37.1 Å². The quantitative estimate of drug-likeness (QED) is 0.861. The molecule has 2 aromatic carbocycles. The molecule has 2 amide bonds. The second-order valence-corrected chi connectivity index (χ2v) is 5.44. The lowest BCUT2D eigenvalue weighted by Gasteiger charge is -2.11. The van der Waals surface area contributed by atoms with Crippen molar-refractivity contribution in [3.05, 3.63) is 60.2 Å². The molecule has 0 heterocycles. The zero-order valence-corrected chi connectivity index (χ0v) is 12.6. The standard InChI is InChI=1S/C18H18N2O3/c21-17(20-13-10-11-13)12-19-18(22)15-8-4-5-9-16(15)23-14-6-2-1-3-7-14/h1-9,13H,10-12H2,(H,19,22)(H,20,21). The summed E-state index contributed by atoms with van der Waals surface area (Å²) < 4.78 is 5.75. The number of rotatable bonds is 6. The fourth-order valence-corrected chi connectivity index (χ4v) is 2.12. The number of carbonyl (C=O) groups excluding carboxylic acids is 2. The molecule has 5 nitrogen and oxygen atoms in total. The van der Waals surface area contributed by atoms with Crippen LogP contribution in [0.25, 0.3) is 0 Å². The van der Waals surface area contributed by atoms with Crippen LogP contribution in [0.15, 0.2) is 54.6 Å². The molecule has 0 spiro atoms. The minimum atomic E-state index is -0.331. The van der Waals surface area contributed by atoms with Crippen LogP contribution in [0.2, 0.25) is 0 Å². The SMILES string of the molecule is O=C(CNC(=O)c1ccccc1Oc1ccccc1)NC1CC1. The smallest absolute Gasteiger partial charge is 0.255 e. The van der Waals surface area contributed by atoms with Crippen molar-refractivity contribution in [2.75, 3.05) is 6.54 Å². The van der Waals surface area contributed by atoms with Gasteiger partial charge in [0, 0.05) is 6.04 Å². The van der Waals surface area contributed by atoms with E-state index < -0.39 is 0 Å². The third-order valence-corrected chi connectivity index (χ3v) is 3.45. The summed E-state index contributed by atoms with van der Waals surface area (Å²) >= 11 is 0. The van der Waals surface area contributed by atoms with Crippen LogP contribution in [-0.2, 0) is 4.79 Å². The van der Waals surface area contributed by atoms with Gasteiger partial charge in [-0.15, -0.1) is 0 Å². The minimum Gasteiger partial charge on any atom is -0.457 e. The molecular formula is C18H18N2O3. The lowest BCUT2D eigenvalue weighted by molar-refractivity contribution is -0.120. The van der Waals surface area contributed by atoms with E-state index in [0.29, 0.717) is 17.1 Å². The zero-order chi connectivity index (χ0) is 16.1. The number of hydrogen-bond donors (Lipinski definition) is 2. The summed E-state index contributed by atoms with van der Waals surface area (Å²) in [5.41, 5.74) is 0.399. The fourth-order valence-electron chi connectivity index (χ4n) is 2.12. The molecule has 0 aromatic heterocycles. The van der Waals surface area contributed by atoms with Crippen molar-refractivity contribution in [1.82, 2.24) is 10.6 Å². The first-order chi connectivity index (χ1) is 11.2. The average Bonchev–Trinajstić information content (AvgIpc) is 3.38. The highest BCUT2D eigenvalue weighted by atomic mass is 16.5. The maximum Gasteiger partial charge on any atom is 0.255 e. The predicted octanol–water partition coefficient (Wildman–Crippen LogP) is 2.49. The third kappa shape index (κ3) is 4.32. The molecule has 0 radical (unpaired) electrons. The first-order valence-electron chi connectivity index (χ1n) is 7.62. The van der Waals surface area contributed by atoms with E-state index in [1.807, 2.05) is 30.3 Å². The van der Waals surface area contributed by atoms with Crippen LogP contribution in [0, 0.1) is 0 Å². The van der Waals surface area contributed by atoms with Crippen molar-refractivity contribution in [2.24, 2.45) is 0 Å². The molecule has 23 heavy (non-hydrogen) atoms. The van der Waals surface area contributed by atoms with E-state index >= 15 is 0 Å². The topological polar surface area (TPSA) is 67.4 Å². The fraction of sp³-hybridized carbons (Fsp3) is 0.222. The van der Waals surface area contributed by atoms with Crippen LogP contribution in [0.1, 0.15) is 23.2 Å². The predicted molar refractivity (Wildman–Crippen MR) is 86.5 cm³/mol. The second kappa shape index (κ2) is 6.96. The molecule has 1 aliphatic rings. The van der Waals surface area contributed by atoms with Crippen LogP contribution < -0.4 is 15.4 Å². The lowest BCUT2D eigenvalue weighted by atomic mass is 10.2. The molecule has 0 bridgehead atoms. The van der Waals surface area contributed by atoms with Gasteiger partial charge in [0.15, 0.2) is 0 Å². The molecule has 0 saturated heterocycles. The van der Waals surface area contributed by atoms with Crippen LogP contribution in [0.3, 0.4) is 0 Å². The van der Waals surface area contributed by atoms with E-state index in [1.165, 1.54) is 0 Å². The molecule has 0 unspecified atom stereocenters. The van der Waals surface area contributed by atoms with Crippen molar-refractivity contribution in [3.63, 3.8) is 0 Å². The van der Waals surface area contributed by atoms with Gasteiger partial charge in [-0.1, -0.05) is 30.3 Å². The molecule has 0 atom stereocenters. The Bertz CT molecular complexity index is 696. The molecule has 5 heteroatoms. The van der Waals surface area contributed by atoms with Crippen molar-refractivity contribution in [2.45, 2.75) is 18.9 Å². The average molecular weight is 310 g/mol. The Morgan fingerprint density at radius 2 is 1.70 bits per heavy atom. The van der Waals surface area contributed by atoms with Crippen molar-refractivity contribution < 1.29 is 14.3 Å². The summed E-state index contributed by atoms with van der Waals surface area (Å²) in [5, 5.41) is 5.46. The molecule has 2 aromatic rings. The highest BCUT2D eigenvalue weighted by Gasteiger charge is 2.23. The van der Waals surface area contributed by atoms with Crippen molar-refractivity contribution >= 4 is 11.8 Å². The Balaban J connectivity index is 1.64. The number of hydrogen-bond acceptors (Lipinski definition) is 3. The normalized spacial score (nSPS) is 13.2. The summed E-state index contributed by atoms with van der Waals surface area (Å²) in [7, 11) is 0. The van der Waals surface area contributed by atoms with E-state index in [1.54, 1.807) is 24.3 Å². The number of nitrogens with one attached hydrogen (secondary N) is 2. The summed E-state index contributed by atoms with van der Waals surface area (Å²) in [6, 6.07) is 16.5. The Hall–Kier alpha value is -2.82. The maximum absolute atomic E-state index is 12.3. The van der Waals surface area contributed by atoms with Crippen molar-refractivity contribution in [3.8, 4) is 11.5 Å². The Kier molecular flexibility index (Phi) is 4.57. The van der Waals surface area contributed by atoms with E-state index in [0.717, 1.165) is 12.8 Å². The van der Waals surface area contributed by atoms with Gasteiger partial charge < -0.3 is 15.4 Å². The van der Waals surface area contributed by atoms with E-state index in [-0.39, 0.29) is 24.4 Å². The number of ether oxygens (including phenoxy) is 1. The lowest BCUT2D eigenvalue weighted by Crippen LogP contribution is -2.37. The van der Waals surface area contributed by atoms with Gasteiger partial charge in [0.1, 0.15) is 11.5 Å². The molecule has 1 fully saturated rings. The van der Waals surface area contributed by atoms with Gasteiger partial charge in [0.2, 0.25) is 5.91 Å². The van der Waals surface area contributed by atoms with E-state index in [4.69, 9.17) is 4.74 Å². The molecule has 1 saturated carbocycles. The van der Waals surface area contributed by atoms with Gasteiger partial charge in [-0.2, -0.15) is 0 Å². The van der Waals surface area contributed by atoms with Crippen molar-refractivity contribution in [1.29, 1.82) is 0 Å². The zero-order valence-electron chi connectivity index (χ0n) is 12.6. The summed E-state index contributed by atoms with van der Waals surface area (Å²) in [4.78, 5) is 23.9. The monoisotopic (exact) mass is 310 g/mol. The van der Waals surface area contributed by atoms with Crippen LogP contribution in [-0.4, -0.2) is 24.4 Å². The van der Waals surface area contributed by atoms with Crippen LogP contribution in [0.5, 0.6) is 11.5 Å². The molecular weight excluding hydrogens is 292 g/mol. The molecule has 3 rings (SSSR count). The summed E-state index contributed by atoms with van der Waals surface area (Å²) in [5.74, 6) is 0.614. The Morgan fingerprint density at radius 3 is 2.43 bits per heavy atom. The molecule has 118 valence electrons. The highest BCUT2D eigenvalue weighted by molar-refractivity contribution is 5.98. The van der Waals surface area contributed by atoms with Crippen LogP contribution in [0.4, 0.5) is 0 Å².